The minimum Gasteiger partial charge on any atom is -0.323 e. The molecule has 5 nitrogen and oxygen atoms in total. The monoisotopic (exact) mass is 414 g/mol. The zero-order chi connectivity index (χ0) is 20.4. The second-order valence-electron chi connectivity index (χ2n) is 6.06. The number of thioether (sulfide) groups is 1. The predicted octanol–water partition coefficient (Wildman–Crippen LogP) is 4.54. The number of benzene rings is 2. The molecule has 4 rings (SSSR count). The van der Waals surface area contributed by atoms with E-state index in [1.165, 1.54) is 12.1 Å². The summed E-state index contributed by atoms with van der Waals surface area (Å²) < 4.78 is 41.6. The van der Waals surface area contributed by atoms with Gasteiger partial charge >= 0.3 is 0 Å². The number of fused-ring (bicyclic) bond motifs is 1. The molecule has 1 N–H and O–H groups in total. The van der Waals surface area contributed by atoms with Crippen LogP contribution in [-0.2, 0) is 4.79 Å². The lowest BCUT2D eigenvalue weighted by Crippen LogP contribution is -2.15. The molecule has 29 heavy (non-hydrogen) atoms. The number of amides is 1. The molecule has 0 spiro atoms. The van der Waals surface area contributed by atoms with Gasteiger partial charge in [0, 0.05) is 24.0 Å². The average Bonchev–Trinajstić information content (AvgIpc) is 3.14. The van der Waals surface area contributed by atoms with Crippen molar-refractivity contribution in [3.05, 3.63) is 78.4 Å². The van der Waals surface area contributed by atoms with E-state index < -0.39 is 17.5 Å². The van der Waals surface area contributed by atoms with Crippen molar-refractivity contribution in [2.24, 2.45) is 0 Å². The minimum absolute atomic E-state index is 0.0559. The molecule has 0 aliphatic heterocycles. The molecule has 0 saturated heterocycles. The summed E-state index contributed by atoms with van der Waals surface area (Å²) in [6, 6.07) is 10.6. The number of anilines is 1. The number of hydrogen-bond acceptors (Lipinski definition) is 4. The number of rotatable bonds is 5. The van der Waals surface area contributed by atoms with Crippen molar-refractivity contribution >= 4 is 28.9 Å². The SMILES string of the molecule is O=C(CSc1nccn2nc(-c3ccc(F)cc3)cc12)Nc1cc(F)ccc1F. The summed E-state index contributed by atoms with van der Waals surface area (Å²) in [4.78, 5) is 16.4. The Morgan fingerprint density at radius 3 is 2.59 bits per heavy atom. The number of halogens is 3. The van der Waals surface area contributed by atoms with Crippen LogP contribution in [-0.4, -0.2) is 26.3 Å². The molecule has 2 aromatic heterocycles. The molecule has 0 fully saturated rings. The Labute approximate surface area is 167 Å². The Bertz CT molecular complexity index is 1190. The number of nitrogens with zero attached hydrogens (tertiary/aromatic N) is 3. The van der Waals surface area contributed by atoms with E-state index in [-0.39, 0.29) is 17.3 Å². The van der Waals surface area contributed by atoms with Gasteiger partial charge in [-0.2, -0.15) is 5.10 Å². The predicted molar refractivity (Wildman–Crippen MR) is 104 cm³/mol. The molecule has 0 atom stereocenters. The summed E-state index contributed by atoms with van der Waals surface area (Å²) in [6.45, 7) is 0. The van der Waals surface area contributed by atoms with Crippen LogP contribution in [0.25, 0.3) is 16.8 Å². The third kappa shape index (κ3) is 4.24. The van der Waals surface area contributed by atoms with Gasteiger partial charge in [-0.05, 0) is 42.5 Å². The molecule has 0 aliphatic carbocycles. The first-order chi connectivity index (χ1) is 14.0. The maximum Gasteiger partial charge on any atom is 0.234 e. The van der Waals surface area contributed by atoms with E-state index in [0.717, 1.165) is 35.5 Å². The van der Waals surface area contributed by atoms with Crippen molar-refractivity contribution in [3.8, 4) is 11.3 Å². The van der Waals surface area contributed by atoms with Gasteiger partial charge in [0.1, 0.15) is 22.5 Å². The van der Waals surface area contributed by atoms with Gasteiger partial charge in [0.25, 0.3) is 0 Å². The second-order valence-corrected chi connectivity index (χ2v) is 7.02. The lowest BCUT2D eigenvalue weighted by molar-refractivity contribution is -0.113. The number of hydrogen-bond donors (Lipinski definition) is 1. The van der Waals surface area contributed by atoms with Crippen molar-refractivity contribution in [1.82, 2.24) is 14.6 Å². The van der Waals surface area contributed by atoms with Gasteiger partial charge in [-0.15, -0.1) is 0 Å². The summed E-state index contributed by atoms with van der Waals surface area (Å²) >= 11 is 1.14. The van der Waals surface area contributed by atoms with Crippen molar-refractivity contribution in [3.63, 3.8) is 0 Å². The first-order valence-electron chi connectivity index (χ1n) is 8.47. The molecule has 2 heterocycles. The standard InChI is InChI=1S/C20H13F3N4OS/c21-13-3-1-12(2-4-13)16-10-18-20(24-7-8-27(18)26-16)29-11-19(28)25-17-9-14(22)5-6-15(17)23/h1-10H,11H2,(H,25,28). The summed E-state index contributed by atoms with van der Waals surface area (Å²) in [5.74, 6) is -2.25. The summed E-state index contributed by atoms with van der Waals surface area (Å²) in [5, 5.41) is 7.33. The molecule has 0 radical (unpaired) electrons. The van der Waals surface area contributed by atoms with Crippen molar-refractivity contribution in [2.75, 3.05) is 11.1 Å². The van der Waals surface area contributed by atoms with Crippen LogP contribution in [0.15, 0.2) is 66.0 Å². The van der Waals surface area contributed by atoms with Crippen molar-refractivity contribution < 1.29 is 18.0 Å². The van der Waals surface area contributed by atoms with Gasteiger partial charge < -0.3 is 5.32 Å². The largest absolute Gasteiger partial charge is 0.323 e. The average molecular weight is 414 g/mol. The first-order valence-corrected chi connectivity index (χ1v) is 9.46. The third-order valence-electron chi connectivity index (χ3n) is 4.04. The smallest absolute Gasteiger partial charge is 0.234 e. The van der Waals surface area contributed by atoms with Gasteiger partial charge in [-0.3, -0.25) is 4.79 Å². The van der Waals surface area contributed by atoms with E-state index >= 15 is 0 Å². The van der Waals surface area contributed by atoms with Crippen LogP contribution in [0.1, 0.15) is 0 Å². The molecule has 146 valence electrons. The van der Waals surface area contributed by atoms with Gasteiger partial charge in [0.05, 0.1) is 22.7 Å². The molecule has 9 heteroatoms. The molecule has 0 unspecified atom stereocenters. The normalized spacial score (nSPS) is 11.0. The Hall–Kier alpha value is -3.33. The molecule has 0 aliphatic rings. The topological polar surface area (TPSA) is 59.3 Å². The molecule has 0 bridgehead atoms. The minimum atomic E-state index is -0.718. The van der Waals surface area contributed by atoms with Crippen LogP contribution in [0.4, 0.5) is 18.9 Å². The highest BCUT2D eigenvalue weighted by Crippen LogP contribution is 2.26. The first kappa shape index (κ1) is 19.0. The molecular weight excluding hydrogens is 401 g/mol. The van der Waals surface area contributed by atoms with Crippen LogP contribution >= 0.6 is 11.8 Å². The highest BCUT2D eigenvalue weighted by molar-refractivity contribution is 8.00. The number of carbonyl (C=O) groups excluding carboxylic acids is 1. The maximum atomic E-state index is 13.7. The van der Waals surface area contributed by atoms with E-state index in [9.17, 15) is 18.0 Å². The van der Waals surface area contributed by atoms with E-state index in [2.05, 4.69) is 15.4 Å². The summed E-state index contributed by atoms with van der Waals surface area (Å²) in [7, 11) is 0. The fourth-order valence-electron chi connectivity index (χ4n) is 2.68. The summed E-state index contributed by atoms with van der Waals surface area (Å²) in [6.07, 6.45) is 3.20. The van der Waals surface area contributed by atoms with Crippen LogP contribution in [0.5, 0.6) is 0 Å². The lowest BCUT2D eigenvalue weighted by atomic mass is 10.1. The maximum absolute atomic E-state index is 13.7. The quantitative estimate of drug-likeness (QED) is 0.487. The molecular formula is C20H13F3N4OS. The van der Waals surface area contributed by atoms with Gasteiger partial charge in [0.15, 0.2) is 0 Å². The molecule has 1 amide bonds. The van der Waals surface area contributed by atoms with Crippen LogP contribution in [0.3, 0.4) is 0 Å². The van der Waals surface area contributed by atoms with Crippen LogP contribution < -0.4 is 5.32 Å². The highest BCUT2D eigenvalue weighted by atomic mass is 32.2. The number of carbonyl (C=O) groups is 1. The van der Waals surface area contributed by atoms with E-state index in [1.807, 2.05) is 0 Å². The van der Waals surface area contributed by atoms with Gasteiger partial charge in [-0.25, -0.2) is 22.7 Å². The Morgan fingerprint density at radius 2 is 1.79 bits per heavy atom. The fraction of sp³-hybridized carbons (Fsp3) is 0.0500. The second kappa shape index (κ2) is 7.96. The molecule has 0 saturated carbocycles. The molecule has 4 aromatic rings. The zero-order valence-corrected chi connectivity index (χ0v) is 15.6. The zero-order valence-electron chi connectivity index (χ0n) is 14.8. The van der Waals surface area contributed by atoms with Crippen LogP contribution in [0, 0.1) is 17.5 Å². The highest BCUT2D eigenvalue weighted by Gasteiger charge is 2.13. The van der Waals surface area contributed by atoms with E-state index in [1.54, 1.807) is 35.1 Å². The number of nitrogens with one attached hydrogen (secondary N) is 1. The Morgan fingerprint density at radius 1 is 1.03 bits per heavy atom. The lowest BCUT2D eigenvalue weighted by Gasteiger charge is -2.06. The van der Waals surface area contributed by atoms with E-state index in [0.29, 0.717) is 16.2 Å². The van der Waals surface area contributed by atoms with Gasteiger partial charge in [0.2, 0.25) is 5.91 Å². The Kier molecular flexibility index (Phi) is 5.22. The fourth-order valence-corrected chi connectivity index (χ4v) is 3.46. The number of aromatic nitrogens is 3. The van der Waals surface area contributed by atoms with Crippen LogP contribution in [0.2, 0.25) is 0 Å². The Balaban J connectivity index is 1.51. The van der Waals surface area contributed by atoms with Crippen molar-refractivity contribution in [1.29, 1.82) is 0 Å². The third-order valence-corrected chi connectivity index (χ3v) is 5.03. The molecule has 2 aromatic carbocycles. The van der Waals surface area contributed by atoms with Crippen molar-refractivity contribution in [2.45, 2.75) is 5.03 Å². The van der Waals surface area contributed by atoms with Gasteiger partial charge in [-0.1, -0.05) is 11.8 Å². The van der Waals surface area contributed by atoms with E-state index in [4.69, 9.17) is 0 Å². The summed E-state index contributed by atoms with van der Waals surface area (Å²) in [5.41, 5.74) is 1.82.